The van der Waals surface area contributed by atoms with Crippen LogP contribution in [-0.2, 0) is 13.5 Å². The highest BCUT2D eigenvalue weighted by molar-refractivity contribution is 7.13. The molecule has 0 aliphatic rings. The normalized spacial score (nSPS) is 14.6. The zero-order valence-corrected chi connectivity index (χ0v) is 26.1. The van der Waals surface area contributed by atoms with E-state index in [2.05, 4.69) is 120 Å². The second-order valence-electron chi connectivity index (χ2n) is 11.2. The van der Waals surface area contributed by atoms with Crippen molar-refractivity contribution in [2.24, 2.45) is 29.8 Å². The van der Waals surface area contributed by atoms with Crippen LogP contribution in [0.15, 0.2) is 78.0 Å². The van der Waals surface area contributed by atoms with Gasteiger partial charge in [-0.25, -0.2) is 5.21 Å². The van der Waals surface area contributed by atoms with E-state index in [-0.39, 0.29) is 0 Å². The zero-order valence-electron chi connectivity index (χ0n) is 25.3. The molecule has 2 heterocycles. The summed E-state index contributed by atoms with van der Waals surface area (Å²) in [5.74, 6) is 1.27. The molecule has 0 saturated heterocycles. The second kappa shape index (κ2) is 14.4. The van der Waals surface area contributed by atoms with Crippen molar-refractivity contribution >= 4 is 28.2 Å². The highest BCUT2D eigenvalue weighted by atomic mass is 32.1. The molecule has 0 saturated carbocycles. The number of H-pyrrole nitrogens is 1. The number of aryl methyl sites for hydroxylation is 2. The van der Waals surface area contributed by atoms with E-state index in [9.17, 15) is 0 Å². The number of para-hydroxylation sites is 1. The van der Waals surface area contributed by atoms with E-state index in [1.54, 1.807) is 0 Å². The molecule has 3 aromatic rings. The van der Waals surface area contributed by atoms with Gasteiger partial charge in [-0.2, -0.15) is 9.59 Å². The molecule has 4 nitrogen and oxygen atoms in total. The molecule has 0 amide bonds. The molecule has 0 aliphatic carbocycles. The van der Waals surface area contributed by atoms with Gasteiger partial charge < -0.3 is 0 Å². The third-order valence-electron chi connectivity index (χ3n) is 7.24. The summed E-state index contributed by atoms with van der Waals surface area (Å²) in [5.41, 5.74) is 7.51. The highest BCUT2D eigenvalue weighted by Gasteiger charge is 2.17. The van der Waals surface area contributed by atoms with Crippen molar-refractivity contribution in [3.63, 3.8) is 0 Å². The van der Waals surface area contributed by atoms with Gasteiger partial charge in [0.05, 0.1) is 5.69 Å². The van der Waals surface area contributed by atoms with Crippen LogP contribution in [0.3, 0.4) is 0 Å². The minimum Gasteiger partial charge on any atom is -0.265 e. The summed E-state index contributed by atoms with van der Waals surface area (Å²) in [6.07, 6.45) is 12.9. The van der Waals surface area contributed by atoms with E-state index in [0.29, 0.717) is 17.8 Å². The zero-order chi connectivity index (χ0) is 28.5. The smallest absolute Gasteiger partial charge is 0.0923 e. The standard InChI is InChI=1S/C34H48N4S/c1-10-14-29(31-16-12-13-17-32(31)38-36-37(38)9)22-28(24(3)4)19-18-26(7)34(25(5)6)35-23-27(8)33-21-20-30(39-33)15-11-2/h10,12-14,16-17,20-26,36H,1,11,15,18-19H2,2-9H3/b27-23+,28-22-,29-14+,35-34?. The van der Waals surface area contributed by atoms with Crippen LogP contribution in [0.5, 0.6) is 0 Å². The lowest BCUT2D eigenvalue weighted by molar-refractivity contribution is 0.606. The molecule has 3 rings (SSSR count). The fourth-order valence-electron chi connectivity index (χ4n) is 4.89. The van der Waals surface area contributed by atoms with Crippen LogP contribution in [0, 0.1) is 17.8 Å². The van der Waals surface area contributed by atoms with Crippen LogP contribution in [0.25, 0.3) is 16.8 Å². The molecule has 2 aromatic heterocycles. The minimum atomic E-state index is 0.407. The molecule has 1 aromatic carbocycles. The Labute approximate surface area is 240 Å². The predicted octanol–water partition coefficient (Wildman–Crippen LogP) is 9.88. The van der Waals surface area contributed by atoms with E-state index in [1.807, 2.05) is 29.3 Å². The van der Waals surface area contributed by atoms with Gasteiger partial charge in [0.1, 0.15) is 0 Å². The average molecular weight is 545 g/mol. The lowest BCUT2D eigenvalue weighted by Crippen LogP contribution is -2.18. The topological polar surface area (TPSA) is 38.0 Å². The van der Waals surface area contributed by atoms with Gasteiger partial charge in [0.25, 0.3) is 0 Å². The van der Waals surface area contributed by atoms with E-state index in [4.69, 9.17) is 4.99 Å². The Morgan fingerprint density at radius 2 is 1.79 bits per heavy atom. The number of benzene rings is 1. The lowest BCUT2D eigenvalue weighted by Gasteiger charge is -2.20. The fraction of sp³-hybridized carbons (Fsp3) is 0.441. The van der Waals surface area contributed by atoms with Crippen molar-refractivity contribution in [3.8, 4) is 5.69 Å². The molecule has 0 fully saturated rings. The molecule has 0 spiro atoms. The monoisotopic (exact) mass is 544 g/mol. The number of allylic oxidation sites excluding steroid dienone is 6. The lowest BCUT2D eigenvalue weighted by atomic mass is 9.87. The number of nitrogens with one attached hydrogen (secondary N) is 1. The SMILES string of the molecule is C=C/C=C(\C=C(\CCC(C)C(=N/C=C(\C)c1ccc(CCC)s1)C(C)C)C(C)C)c1ccccc1-n1[nH]n1C. The number of thiophene rings is 1. The third kappa shape index (κ3) is 8.47. The molecule has 210 valence electrons. The first-order valence-electron chi connectivity index (χ1n) is 14.4. The van der Waals surface area contributed by atoms with Crippen molar-refractivity contribution in [1.82, 2.24) is 14.8 Å². The van der Waals surface area contributed by atoms with Gasteiger partial charge in [0.2, 0.25) is 0 Å². The Morgan fingerprint density at radius 3 is 2.41 bits per heavy atom. The number of rotatable bonds is 14. The van der Waals surface area contributed by atoms with Crippen LogP contribution in [0.1, 0.15) is 83.0 Å². The molecule has 1 atom stereocenters. The second-order valence-corrected chi connectivity index (χ2v) is 12.3. The number of aromatic nitrogens is 3. The van der Waals surface area contributed by atoms with Crippen molar-refractivity contribution in [2.45, 2.75) is 74.1 Å². The number of nitrogens with zero attached hydrogens (tertiary/aromatic N) is 3. The Morgan fingerprint density at radius 1 is 1.08 bits per heavy atom. The van der Waals surface area contributed by atoms with Crippen molar-refractivity contribution in [1.29, 1.82) is 0 Å². The summed E-state index contributed by atoms with van der Waals surface area (Å²) in [6.45, 7) is 19.9. The van der Waals surface area contributed by atoms with Gasteiger partial charge in [0.15, 0.2) is 0 Å². The maximum absolute atomic E-state index is 5.06. The largest absolute Gasteiger partial charge is 0.265 e. The van der Waals surface area contributed by atoms with Gasteiger partial charge in [-0.3, -0.25) is 4.99 Å². The molecule has 5 heteroatoms. The number of aromatic amines is 1. The van der Waals surface area contributed by atoms with E-state index >= 15 is 0 Å². The van der Waals surface area contributed by atoms with Crippen LogP contribution in [0.4, 0.5) is 0 Å². The average Bonchev–Trinajstić information content (AvgIpc) is 3.44. The highest BCUT2D eigenvalue weighted by Crippen LogP contribution is 2.30. The number of hydrogen-bond acceptors (Lipinski definition) is 2. The van der Waals surface area contributed by atoms with E-state index < -0.39 is 0 Å². The summed E-state index contributed by atoms with van der Waals surface area (Å²) in [4.78, 5) is 11.9. The van der Waals surface area contributed by atoms with Gasteiger partial charge in [0, 0.05) is 34.3 Å². The third-order valence-corrected chi connectivity index (χ3v) is 8.52. The molecule has 0 radical (unpaired) electrons. The predicted molar refractivity (Wildman–Crippen MR) is 173 cm³/mol. The summed E-state index contributed by atoms with van der Waals surface area (Å²) < 4.78 is 0. The Bertz CT molecular complexity index is 1330. The summed E-state index contributed by atoms with van der Waals surface area (Å²) in [7, 11) is 2.01. The number of aliphatic imine (C=N–C) groups is 1. The Hall–Kier alpha value is -3.05. The van der Waals surface area contributed by atoms with Gasteiger partial charge in [-0.15, -0.1) is 11.3 Å². The van der Waals surface area contributed by atoms with Gasteiger partial charge in [-0.1, -0.05) is 96.5 Å². The van der Waals surface area contributed by atoms with Crippen molar-refractivity contribution < 1.29 is 0 Å². The first-order chi connectivity index (χ1) is 18.7. The maximum atomic E-state index is 5.06. The van der Waals surface area contributed by atoms with E-state index in [1.165, 1.54) is 44.2 Å². The molecule has 1 N–H and O–H groups in total. The Kier molecular flexibility index (Phi) is 11.2. The summed E-state index contributed by atoms with van der Waals surface area (Å²) in [5, 5.41) is 3.24. The molecular formula is C34H48N4S. The molecule has 39 heavy (non-hydrogen) atoms. The van der Waals surface area contributed by atoms with Crippen LogP contribution < -0.4 is 0 Å². The van der Waals surface area contributed by atoms with Crippen molar-refractivity contribution in [2.75, 3.05) is 0 Å². The van der Waals surface area contributed by atoms with Gasteiger partial charge in [-0.05, 0) is 73.3 Å². The first kappa shape index (κ1) is 30.5. The van der Waals surface area contributed by atoms with Crippen LogP contribution in [-0.4, -0.2) is 20.5 Å². The molecule has 0 bridgehead atoms. The molecular weight excluding hydrogens is 496 g/mol. The van der Waals surface area contributed by atoms with Gasteiger partial charge >= 0.3 is 0 Å². The van der Waals surface area contributed by atoms with Crippen LogP contribution >= 0.6 is 11.3 Å². The summed E-state index contributed by atoms with van der Waals surface area (Å²) in [6, 6.07) is 13.0. The summed E-state index contributed by atoms with van der Waals surface area (Å²) >= 11 is 1.90. The van der Waals surface area contributed by atoms with Crippen LogP contribution in [0.2, 0.25) is 0 Å². The maximum Gasteiger partial charge on any atom is 0.0923 e. The fourth-order valence-corrected chi connectivity index (χ4v) is 5.96. The Balaban J connectivity index is 1.80. The minimum absolute atomic E-state index is 0.407. The van der Waals surface area contributed by atoms with E-state index in [0.717, 1.165) is 24.9 Å². The molecule has 1 unspecified atom stereocenters. The molecule has 0 aliphatic heterocycles. The van der Waals surface area contributed by atoms with Crippen molar-refractivity contribution in [3.05, 3.63) is 88.3 Å². The first-order valence-corrected chi connectivity index (χ1v) is 15.2. The quantitative estimate of drug-likeness (QED) is 0.155. The number of hydrogen-bond donors (Lipinski definition) is 1.